The van der Waals surface area contributed by atoms with E-state index < -0.39 is 0 Å². The third-order valence-corrected chi connectivity index (χ3v) is 4.10. The summed E-state index contributed by atoms with van der Waals surface area (Å²) in [6.45, 7) is 11.0. The van der Waals surface area contributed by atoms with E-state index >= 15 is 0 Å². The number of rotatable bonds is 2. The summed E-state index contributed by atoms with van der Waals surface area (Å²) >= 11 is 0. The molecule has 0 spiro atoms. The molecule has 1 aliphatic rings. The van der Waals surface area contributed by atoms with Gasteiger partial charge in [-0.1, -0.05) is 32.9 Å². The van der Waals surface area contributed by atoms with Crippen LogP contribution in [-0.2, 0) is 24.9 Å². The van der Waals surface area contributed by atoms with E-state index in [0.717, 1.165) is 17.1 Å². The Bertz CT molecular complexity index is 758. The van der Waals surface area contributed by atoms with Crippen LogP contribution < -0.4 is 0 Å². The summed E-state index contributed by atoms with van der Waals surface area (Å²) in [6.07, 6.45) is 2.52. The maximum absolute atomic E-state index is 12.8. The second-order valence-electron chi connectivity index (χ2n) is 6.99. The molecule has 2 aromatic rings. The van der Waals surface area contributed by atoms with E-state index in [1.54, 1.807) is 11.8 Å². The molecule has 2 aromatic heterocycles. The highest BCUT2D eigenvalue weighted by atomic mass is 16.5. The lowest BCUT2D eigenvalue weighted by molar-refractivity contribution is 0.0747. The topological polar surface area (TPSA) is 72.1 Å². The van der Waals surface area contributed by atoms with E-state index in [4.69, 9.17) is 4.52 Å². The lowest BCUT2D eigenvalue weighted by Crippen LogP contribution is -2.26. The van der Waals surface area contributed by atoms with Crippen LogP contribution in [0, 0.1) is 6.92 Å². The van der Waals surface area contributed by atoms with Crippen LogP contribution in [0.25, 0.3) is 0 Å². The van der Waals surface area contributed by atoms with Crippen LogP contribution in [0.4, 0.5) is 0 Å². The zero-order valence-electron chi connectivity index (χ0n) is 14.3. The fourth-order valence-corrected chi connectivity index (χ4v) is 2.75. The minimum Gasteiger partial charge on any atom is -0.361 e. The van der Waals surface area contributed by atoms with E-state index in [0.29, 0.717) is 36.5 Å². The van der Waals surface area contributed by atoms with Crippen molar-refractivity contribution < 1.29 is 9.32 Å². The number of hydrogen-bond donors (Lipinski definition) is 0. The largest absolute Gasteiger partial charge is 0.361 e. The molecule has 3 rings (SSSR count). The van der Waals surface area contributed by atoms with Crippen LogP contribution in [-0.4, -0.2) is 25.9 Å². The summed E-state index contributed by atoms with van der Waals surface area (Å²) in [5.41, 5.74) is 3.14. The molecule has 0 radical (unpaired) electrons. The van der Waals surface area contributed by atoms with Gasteiger partial charge in [0.05, 0.1) is 17.9 Å². The van der Waals surface area contributed by atoms with Crippen molar-refractivity contribution in [3.8, 4) is 0 Å². The molecule has 6 nitrogen and oxygen atoms in total. The molecule has 0 bridgehead atoms. The number of amides is 1. The van der Waals surface area contributed by atoms with Crippen molar-refractivity contribution in [2.75, 3.05) is 0 Å². The van der Waals surface area contributed by atoms with Gasteiger partial charge in [0.2, 0.25) is 0 Å². The number of aromatic nitrogens is 3. The molecular formula is C17H22N4O2. The molecule has 0 aliphatic carbocycles. The molecule has 23 heavy (non-hydrogen) atoms. The van der Waals surface area contributed by atoms with Crippen molar-refractivity contribution in [2.45, 2.75) is 59.5 Å². The molecular weight excluding hydrogens is 292 g/mol. The first kappa shape index (κ1) is 15.6. The van der Waals surface area contributed by atoms with E-state index in [1.165, 1.54) is 0 Å². The van der Waals surface area contributed by atoms with Gasteiger partial charge in [0.25, 0.3) is 5.91 Å². The lowest BCUT2D eigenvalue weighted by atomic mass is 9.95. The van der Waals surface area contributed by atoms with Crippen LogP contribution in [0.2, 0.25) is 0 Å². The van der Waals surface area contributed by atoms with Crippen molar-refractivity contribution in [3.05, 3.63) is 40.3 Å². The molecule has 122 valence electrons. The first-order valence-corrected chi connectivity index (χ1v) is 7.91. The molecule has 0 fully saturated rings. The zero-order valence-corrected chi connectivity index (χ0v) is 14.3. The fourth-order valence-electron chi connectivity index (χ4n) is 2.75. The predicted molar refractivity (Wildman–Crippen MR) is 84.9 cm³/mol. The number of aryl methyl sites for hydroxylation is 2. The highest BCUT2D eigenvalue weighted by Gasteiger charge is 2.31. The Hall–Kier alpha value is -2.24. The molecule has 0 aromatic carbocycles. The normalized spacial score (nSPS) is 14.2. The average molecular weight is 314 g/mol. The molecule has 1 aliphatic heterocycles. The maximum atomic E-state index is 12.8. The number of hydrogen-bond acceptors (Lipinski definition) is 5. The second kappa shape index (κ2) is 5.44. The maximum Gasteiger partial charge on any atom is 0.260 e. The summed E-state index contributed by atoms with van der Waals surface area (Å²) in [5, 5.41) is 3.97. The smallest absolute Gasteiger partial charge is 0.260 e. The summed E-state index contributed by atoms with van der Waals surface area (Å²) in [6, 6.07) is 0. The number of fused-ring (bicyclic) bond motifs is 1. The van der Waals surface area contributed by atoms with Crippen molar-refractivity contribution in [1.29, 1.82) is 0 Å². The van der Waals surface area contributed by atoms with E-state index in [2.05, 4.69) is 35.9 Å². The van der Waals surface area contributed by atoms with Gasteiger partial charge in [-0.05, 0) is 13.3 Å². The summed E-state index contributed by atoms with van der Waals surface area (Å²) in [7, 11) is 0. The third kappa shape index (κ3) is 2.73. The van der Waals surface area contributed by atoms with Gasteiger partial charge >= 0.3 is 0 Å². The van der Waals surface area contributed by atoms with Gasteiger partial charge in [-0.3, -0.25) is 4.79 Å². The van der Waals surface area contributed by atoms with Crippen LogP contribution in [0.1, 0.15) is 66.6 Å². The zero-order chi connectivity index (χ0) is 16.8. The van der Waals surface area contributed by atoms with E-state index in [-0.39, 0.29) is 11.3 Å². The molecule has 3 heterocycles. The van der Waals surface area contributed by atoms with Crippen LogP contribution in [0.3, 0.4) is 0 Å². The summed E-state index contributed by atoms with van der Waals surface area (Å²) in [4.78, 5) is 23.7. The van der Waals surface area contributed by atoms with E-state index in [9.17, 15) is 4.79 Å². The Morgan fingerprint density at radius 2 is 2.09 bits per heavy atom. The van der Waals surface area contributed by atoms with Gasteiger partial charge in [-0.25, -0.2) is 9.97 Å². The molecule has 0 N–H and O–H groups in total. The standard InChI is InChI=1S/C17H22N4O2/c1-6-12-14(10(2)23-20-12)15(22)21-8-11-7-18-16(17(3,4)5)19-13(11)9-21/h7H,6,8-9H2,1-5H3. The Kier molecular flexibility index (Phi) is 3.70. The molecule has 6 heteroatoms. The van der Waals surface area contributed by atoms with Gasteiger partial charge in [0.15, 0.2) is 0 Å². The van der Waals surface area contributed by atoms with Gasteiger partial charge in [-0.2, -0.15) is 0 Å². The minimum absolute atomic E-state index is 0.0455. The first-order chi connectivity index (χ1) is 10.8. The quantitative estimate of drug-likeness (QED) is 0.852. The Morgan fingerprint density at radius 3 is 2.74 bits per heavy atom. The van der Waals surface area contributed by atoms with Crippen molar-refractivity contribution in [3.63, 3.8) is 0 Å². The second-order valence-corrected chi connectivity index (χ2v) is 6.99. The van der Waals surface area contributed by atoms with Gasteiger partial charge in [0, 0.05) is 23.7 Å². The van der Waals surface area contributed by atoms with Crippen molar-refractivity contribution in [2.24, 2.45) is 0 Å². The molecule has 0 saturated carbocycles. The number of carbonyl (C=O) groups excluding carboxylic acids is 1. The van der Waals surface area contributed by atoms with Crippen LogP contribution >= 0.6 is 0 Å². The van der Waals surface area contributed by atoms with Gasteiger partial charge < -0.3 is 9.42 Å². The van der Waals surface area contributed by atoms with Crippen LogP contribution in [0.15, 0.2) is 10.7 Å². The molecule has 0 unspecified atom stereocenters. The first-order valence-electron chi connectivity index (χ1n) is 7.91. The molecule has 0 atom stereocenters. The van der Waals surface area contributed by atoms with Crippen molar-refractivity contribution in [1.82, 2.24) is 20.0 Å². The highest BCUT2D eigenvalue weighted by Crippen LogP contribution is 2.27. The summed E-state index contributed by atoms with van der Waals surface area (Å²) in [5.74, 6) is 1.33. The Morgan fingerprint density at radius 1 is 1.35 bits per heavy atom. The Labute approximate surface area is 135 Å². The van der Waals surface area contributed by atoms with Crippen molar-refractivity contribution >= 4 is 5.91 Å². The number of nitrogens with zero attached hydrogens (tertiary/aromatic N) is 4. The van der Waals surface area contributed by atoms with Gasteiger partial charge in [0.1, 0.15) is 17.1 Å². The van der Waals surface area contributed by atoms with Gasteiger partial charge in [-0.15, -0.1) is 0 Å². The fraction of sp³-hybridized carbons (Fsp3) is 0.529. The minimum atomic E-state index is -0.104. The number of carbonyl (C=O) groups is 1. The third-order valence-electron chi connectivity index (χ3n) is 4.10. The lowest BCUT2D eigenvalue weighted by Gasteiger charge is -2.16. The monoisotopic (exact) mass is 314 g/mol. The predicted octanol–water partition coefficient (Wildman–Crippen LogP) is 2.79. The molecule has 1 amide bonds. The Balaban J connectivity index is 1.87. The van der Waals surface area contributed by atoms with Crippen LogP contribution in [0.5, 0.6) is 0 Å². The summed E-state index contributed by atoms with van der Waals surface area (Å²) < 4.78 is 5.18. The molecule has 0 saturated heterocycles. The highest BCUT2D eigenvalue weighted by molar-refractivity contribution is 5.96. The SMILES string of the molecule is CCc1noc(C)c1C(=O)N1Cc2cnc(C(C)(C)C)nc2C1. The van der Waals surface area contributed by atoms with E-state index in [1.807, 2.05) is 13.1 Å². The average Bonchev–Trinajstić information content (AvgIpc) is 3.07.